The molecule has 0 aromatic heterocycles. The number of benzene rings is 1. The number of fused-ring (bicyclic) bond motifs is 2. The fourth-order valence-electron chi connectivity index (χ4n) is 3.73. The number of nitriles is 1. The van der Waals surface area contributed by atoms with E-state index in [4.69, 9.17) is 9.47 Å². The van der Waals surface area contributed by atoms with Crippen LogP contribution >= 0.6 is 0 Å². The van der Waals surface area contributed by atoms with Gasteiger partial charge in [0, 0.05) is 25.2 Å². The van der Waals surface area contributed by atoms with Crippen LogP contribution in [0.15, 0.2) is 30.3 Å². The Kier molecular flexibility index (Phi) is 4.72. The number of hydrogen-bond acceptors (Lipinski definition) is 5. The molecule has 0 saturated carbocycles. The Morgan fingerprint density at radius 1 is 1.21 bits per heavy atom. The molecule has 6 heteroatoms. The van der Waals surface area contributed by atoms with Crippen LogP contribution in [0.25, 0.3) is 0 Å². The lowest BCUT2D eigenvalue weighted by atomic mass is 10.00. The van der Waals surface area contributed by atoms with E-state index in [0.29, 0.717) is 24.4 Å². The van der Waals surface area contributed by atoms with E-state index >= 15 is 0 Å². The van der Waals surface area contributed by atoms with Crippen molar-refractivity contribution in [2.24, 2.45) is 0 Å². The van der Waals surface area contributed by atoms with Gasteiger partial charge < -0.3 is 19.3 Å². The molecule has 2 heterocycles. The van der Waals surface area contributed by atoms with Crippen molar-refractivity contribution in [2.45, 2.75) is 45.3 Å². The van der Waals surface area contributed by atoms with Crippen LogP contribution < -0.4 is 9.64 Å². The quantitative estimate of drug-likeness (QED) is 0.701. The lowest BCUT2D eigenvalue weighted by Gasteiger charge is -2.41. The highest BCUT2D eigenvalue weighted by molar-refractivity contribution is 5.78. The molecule has 0 N–H and O–H groups in total. The normalized spacial score (nSPS) is 16.1. The summed E-state index contributed by atoms with van der Waals surface area (Å²) in [5, 5.41) is 9.19. The van der Waals surface area contributed by atoms with Crippen molar-refractivity contribution in [2.75, 3.05) is 18.0 Å². The predicted molar refractivity (Wildman–Crippen MR) is 108 cm³/mol. The predicted octanol–water partition coefficient (Wildman–Crippen LogP) is 4.80. The van der Waals surface area contributed by atoms with E-state index < -0.39 is 5.60 Å². The first-order valence-electron chi connectivity index (χ1n) is 9.78. The van der Waals surface area contributed by atoms with Gasteiger partial charge in [0.25, 0.3) is 0 Å². The highest BCUT2D eigenvalue weighted by Gasteiger charge is 2.34. The van der Waals surface area contributed by atoms with Gasteiger partial charge in [0.2, 0.25) is 0 Å². The Morgan fingerprint density at radius 2 is 1.93 bits per heavy atom. The average molecular weight is 389 g/mol. The van der Waals surface area contributed by atoms with Gasteiger partial charge in [-0.2, -0.15) is 5.26 Å². The zero-order chi connectivity index (χ0) is 20.6. The van der Waals surface area contributed by atoms with Crippen LogP contribution in [0.5, 0.6) is 11.5 Å². The van der Waals surface area contributed by atoms with Crippen LogP contribution in [0.2, 0.25) is 0 Å². The molecule has 29 heavy (non-hydrogen) atoms. The van der Waals surface area contributed by atoms with Crippen molar-refractivity contribution in [3.8, 4) is 17.6 Å². The number of amides is 1. The van der Waals surface area contributed by atoms with Gasteiger partial charge in [-0.25, -0.2) is 4.79 Å². The third-order valence-corrected chi connectivity index (χ3v) is 5.01. The Labute approximate surface area is 171 Å². The maximum atomic E-state index is 12.4. The molecule has 0 spiro atoms. The highest BCUT2D eigenvalue weighted by atomic mass is 16.6. The molecule has 0 radical (unpaired) electrons. The van der Waals surface area contributed by atoms with Crippen LogP contribution in [0, 0.1) is 23.5 Å². The van der Waals surface area contributed by atoms with E-state index in [2.05, 4.69) is 23.1 Å². The molecule has 0 unspecified atom stereocenters. The highest BCUT2D eigenvalue weighted by Crippen LogP contribution is 2.47. The summed E-state index contributed by atoms with van der Waals surface area (Å²) < 4.78 is 11.5. The molecule has 148 valence electrons. The molecule has 0 aliphatic carbocycles. The van der Waals surface area contributed by atoms with Crippen molar-refractivity contribution < 1.29 is 14.3 Å². The molecule has 2 aliphatic rings. The Hall–Kier alpha value is -3.38. The number of hydrogen-bond donors (Lipinski definition) is 0. The van der Waals surface area contributed by atoms with E-state index in [9.17, 15) is 10.1 Å². The molecule has 1 amide bonds. The number of piperidine rings is 1. The number of anilines is 2. The molecular formula is C23H23N3O3. The number of para-hydroxylation sites is 2. The maximum Gasteiger partial charge on any atom is 0.410 e. The monoisotopic (exact) mass is 389 g/mol. The van der Waals surface area contributed by atoms with E-state index in [1.165, 1.54) is 0 Å². The molecule has 2 aromatic rings. The molecule has 2 aromatic carbocycles. The van der Waals surface area contributed by atoms with Crippen LogP contribution in [0.4, 0.5) is 16.2 Å². The van der Waals surface area contributed by atoms with Crippen molar-refractivity contribution in [1.82, 2.24) is 4.90 Å². The van der Waals surface area contributed by atoms with Crippen LogP contribution in [0.1, 0.15) is 39.2 Å². The van der Waals surface area contributed by atoms with E-state index in [1.807, 2.05) is 45.0 Å². The number of carbonyl (C=O) groups excluding carboxylic acids is 1. The third-order valence-electron chi connectivity index (χ3n) is 5.01. The molecule has 2 aliphatic heterocycles. The number of nitrogens with zero attached hydrogens (tertiary/aromatic N) is 3. The number of carbonyl (C=O) groups is 1. The summed E-state index contributed by atoms with van der Waals surface area (Å²) in [6.07, 6.45) is 1.32. The maximum absolute atomic E-state index is 12.4. The second-order valence-corrected chi connectivity index (χ2v) is 8.27. The minimum absolute atomic E-state index is 0.176. The van der Waals surface area contributed by atoms with Gasteiger partial charge in [-0.3, -0.25) is 0 Å². The minimum atomic E-state index is -0.501. The number of rotatable bonds is 1. The molecule has 1 fully saturated rings. The third kappa shape index (κ3) is 3.79. The second kappa shape index (κ2) is 7.22. The standard InChI is InChI=1S/C23H23N3O3/c1-23(2,3)29-22(27)25-12-10-17(11-13-25)26-18-6-4-5-7-20(18)28-21-14-16(15-24)8-9-19(21)26/h4-7,14,17H,10-13H2,1-3H3. The van der Waals surface area contributed by atoms with Crippen molar-refractivity contribution >= 4 is 17.5 Å². The lowest BCUT2D eigenvalue weighted by molar-refractivity contribution is 0.0206. The molecule has 4 rings (SSSR count). The van der Waals surface area contributed by atoms with Gasteiger partial charge in [0.05, 0.1) is 5.69 Å². The molecule has 6 nitrogen and oxygen atoms in total. The molecule has 0 bridgehead atoms. The van der Waals surface area contributed by atoms with Crippen LogP contribution in [0.3, 0.4) is 0 Å². The molecular weight excluding hydrogens is 366 g/mol. The first kappa shape index (κ1) is 19.0. The van der Waals surface area contributed by atoms with Crippen molar-refractivity contribution in [1.29, 1.82) is 5.26 Å². The van der Waals surface area contributed by atoms with E-state index in [1.54, 1.807) is 11.0 Å². The van der Waals surface area contributed by atoms with Gasteiger partial charge in [-0.15, -0.1) is 0 Å². The fraction of sp³-hybridized carbons (Fsp3) is 0.391. The average Bonchev–Trinajstić information content (AvgIpc) is 2.70. The van der Waals surface area contributed by atoms with Crippen LogP contribution in [-0.4, -0.2) is 35.7 Å². The van der Waals surface area contributed by atoms with Gasteiger partial charge in [-0.1, -0.05) is 12.1 Å². The smallest absolute Gasteiger partial charge is 0.410 e. The van der Waals surface area contributed by atoms with E-state index in [-0.39, 0.29) is 12.1 Å². The summed E-state index contributed by atoms with van der Waals surface area (Å²) in [6, 6.07) is 17.8. The summed E-state index contributed by atoms with van der Waals surface area (Å²) >= 11 is 0. The summed E-state index contributed by atoms with van der Waals surface area (Å²) in [4.78, 5) is 16.4. The summed E-state index contributed by atoms with van der Waals surface area (Å²) in [5.74, 6) is 1.35. The number of likely N-dealkylation sites (tertiary alicyclic amines) is 1. The Morgan fingerprint density at radius 3 is 2.62 bits per heavy atom. The van der Waals surface area contributed by atoms with Gasteiger partial charge in [0.15, 0.2) is 11.5 Å². The summed E-state index contributed by atoms with van der Waals surface area (Å²) in [5.41, 5.74) is 1.63. The SMILES string of the molecule is CC(C)(C)OC(=O)N1CCC(N2c3c#cc(C#N)cc3Oc3ccccc32)CC1. The van der Waals surface area contributed by atoms with Gasteiger partial charge in [-0.05, 0) is 57.9 Å². The molecule has 0 atom stereocenters. The zero-order valence-electron chi connectivity index (χ0n) is 16.9. The minimum Gasteiger partial charge on any atom is -0.452 e. The topological polar surface area (TPSA) is 65.8 Å². The fourth-order valence-corrected chi connectivity index (χ4v) is 3.73. The first-order chi connectivity index (χ1) is 13.9. The summed E-state index contributed by atoms with van der Waals surface area (Å²) in [6.45, 7) is 6.87. The van der Waals surface area contributed by atoms with Crippen molar-refractivity contribution in [3.63, 3.8) is 0 Å². The van der Waals surface area contributed by atoms with Crippen molar-refractivity contribution in [3.05, 3.63) is 48.0 Å². The summed E-state index contributed by atoms with van der Waals surface area (Å²) in [7, 11) is 0. The lowest BCUT2D eigenvalue weighted by Crippen LogP contribution is -2.47. The van der Waals surface area contributed by atoms with Gasteiger partial charge >= 0.3 is 6.09 Å². The van der Waals surface area contributed by atoms with E-state index in [0.717, 1.165) is 30.0 Å². The molecule has 1 saturated heterocycles. The zero-order valence-corrected chi connectivity index (χ0v) is 16.9. The number of ether oxygens (including phenoxy) is 2. The Balaban J connectivity index is 1.58. The Bertz CT molecular complexity index is 966. The first-order valence-corrected chi connectivity index (χ1v) is 9.78. The largest absolute Gasteiger partial charge is 0.452 e. The van der Waals surface area contributed by atoms with Gasteiger partial charge in [0.1, 0.15) is 22.9 Å². The van der Waals surface area contributed by atoms with Crippen LogP contribution in [-0.2, 0) is 4.74 Å². The second-order valence-electron chi connectivity index (χ2n) is 8.27.